The third-order valence-corrected chi connectivity index (χ3v) is 9.01. The van der Waals surface area contributed by atoms with Gasteiger partial charge in [-0.25, -0.2) is 0 Å². The van der Waals surface area contributed by atoms with Crippen LogP contribution in [0.5, 0.6) is 0 Å². The molecule has 0 aromatic rings. The van der Waals surface area contributed by atoms with Crippen LogP contribution in [0, 0.1) is 57.2 Å². The van der Waals surface area contributed by atoms with Gasteiger partial charge in [-0.3, -0.25) is 4.79 Å². The molecule has 4 aliphatic rings. The van der Waals surface area contributed by atoms with E-state index in [1.54, 1.807) is 0 Å². The molecule has 4 aliphatic carbocycles. The highest BCUT2D eigenvalue weighted by atomic mass is 16.7. The van der Waals surface area contributed by atoms with Crippen LogP contribution >= 0.6 is 0 Å². The third kappa shape index (κ3) is 2.31. The van der Waals surface area contributed by atoms with Crippen LogP contribution < -0.4 is 0 Å². The number of fused-ring (bicyclic) bond motifs is 2. The van der Waals surface area contributed by atoms with Crippen LogP contribution in [0.25, 0.3) is 0 Å². The lowest BCUT2D eigenvalue weighted by molar-refractivity contribution is -0.199. The SMILES string of the molecule is CCOC(C)OC[C@]12C[C@H]3[C@@H](C)CC[C@@H]3[C@]3(C#N)C[C@H]1C=C(C(C)C)[C@]23C(=O)O. The molecule has 3 saturated carbocycles. The Labute approximate surface area is 174 Å². The van der Waals surface area contributed by atoms with Gasteiger partial charge in [-0.1, -0.05) is 38.8 Å². The van der Waals surface area contributed by atoms with Crippen molar-refractivity contribution in [2.75, 3.05) is 13.2 Å². The third-order valence-electron chi connectivity index (χ3n) is 9.01. The summed E-state index contributed by atoms with van der Waals surface area (Å²) in [6.07, 6.45) is 5.40. The van der Waals surface area contributed by atoms with E-state index in [-0.39, 0.29) is 24.0 Å². The first kappa shape index (κ1) is 20.9. The maximum absolute atomic E-state index is 13.2. The Morgan fingerprint density at radius 3 is 2.62 bits per heavy atom. The highest BCUT2D eigenvalue weighted by Crippen LogP contribution is 2.83. The zero-order valence-corrected chi connectivity index (χ0v) is 18.4. The molecule has 8 atom stereocenters. The Hall–Kier alpha value is -1.38. The minimum Gasteiger partial charge on any atom is -0.481 e. The molecule has 4 bridgehead atoms. The average Bonchev–Trinajstić information content (AvgIpc) is 3.24. The van der Waals surface area contributed by atoms with Gasteiger partial charge in [0, 0.05) is 12.0 Å². The Kier molecular flexibility index (Phi) is 4.91. The van der Waals surface area contributed by atoms with Gasteiger partial charge in [-0.15, -0.1) is 0 Å². The van der Waals surface area contributed by atoms with E-state index in [4.69, 9.17) is 9.47 Å². The maximum atomic E-state index is 13.2. The molecule has 1 N–H and O–H groups in total. The van der Waals surface area contributed by atoms with E-state index in [0.29, 0.717) is 31.5 Å². The molecule has 5 heteroatoms. The smallest absolute Gasteiger partial charge is 0.316 e. The summed E-state index contributed by atoms with van der Waals surface area (Å²) in [5.74, 6) is 0.472. The van der Waals surface area contributed by atoms with Crippen molar-refractivity contribution in [3.63, 3.8) is 0 Å². The first-order valence-electron chi connectivity index (χ1n) is 11.3. The van der Waals surface area contributed by atoms with Crippen LogP contribution in [-0.2, 0) is 14.3 Å². The molecule has 5 nitrogen and oxygen atoms in total. The standard InChI is InChI=1S/C24H35NO4/c1-6-28-16(5)29-13-23-11-18-15(4)7-8-19(18)22(12-25)10-17(23)9-20(14(2)3)24(22,23)21(26)27/h9,14-19H,6-8,10-11,13H2,1-5H3,(H,26,27)/t15-,16?,17+,18-,19-,22+,23+,24+/m0/s1. The van der Waals surface area contributed by atoms with Crippen LogP contribution in [-0.4, -0.2) is 30.6 Å². The number of carboxylic acid groups (broad SMARTS) is 1. The van der Waals surface area contributed by atoms with Crippen molar-refractivity contribution in [3.8, 4) is 6.07 Å². The lowest BCUT2D eigenvalue weighted by Gasteiger charge is -2.57. The molecule has 0 aliphatic heterocycles. The fourth-order valence-corrected chi connectivity index (χ4v) is 8.09. The summed E-state index contributed by atoms with van der Waals surface area (Å²) in [5.41, 5.74) is -1.57. The monoisotopic (exact) mass is 401 g/mol. The summed E-state index contributed by atoms with van der Waals surface area (Å²) in [4.78, 5) is 13.2. The molecule has 4 rings (SSSR count). The molecule has 0 radical (unpaired) electrons. The second-order valence-corrected chi connectivity index (χ2v) is 10.2. The van der Waals surface area contributed by atoms with Crippen LogP contribution in [0.2, 0.25) is 0 Å². The molecule has 160 valence electrons. The number of nitriles is 1. The van der Waals surface area contributed by atoms with Crippen molar-refractivity contribution in [1.82, 2.24) is 0 Å². The minimum atomic E-state index is -1.15. The molecular formula is C24H35NO4. The zero-order valence-electron chi connectivity index (χ0n) is 18.4. The predicted octanol–water partition coefficient (Wildman–Crippen LogP) is 4.63. The number of ether oxygens (including phenoxy) is 2. The molecule has 0 aromatic carbocycles. The summed E-state index contributed by atoms with van der Waals surface area (Å²) >= 11 is 0. The van der Waals surface area contributed by atoms with Gasteiger partial charge in [0.05, 0.1) is 18.1 Å². The molecule has 0 aromatic heterocycles. The maximum Gasteiger partial charge on any atom is 0.316 e. The molecule has 1 unspecified atom stereocenters. The molecular weight excluding hydrogens is 366 g/mol. The Morgan fingerprint density at radius 2 is 2.03 bits per heavy atom. The van der Waals surface area contributed by atoms with Gasteiger partial charge < -0.3 is 14.6 Å². The van der Waals surface area contributed by atoms with Gasteiger partial charge >= 0.3 is 5.97 Å². The first-order chi connectivity index (χ1) is 13.7. The number of rotatable bonds is 7. The van der Waals surface area contributed by atoms with Gasteiger partial charge in [-0.2, -0.15) is 5.26 Å². The molecule has 0 saturated heterocycles. The molecule has 29 heavy (non-hydrogen) atoms. The van der Waals surface area contributed by atoms with E-state index in [9.17, 15) is 15.2 Å². The topological polar surface area (TPSA) is 79.5 Å². The highest BCUT2D eigenvalue weighted by Gasteiger charge is 2.84. The second kappa shape index (κ2) is 6.82. The largest absolute Gasteiger partial charge is 0.481 e. The Balaban J connectivity index is 1.89. The number of allylic oxidation sites excluding steroid dienone is 1. The van der Waals surface area contributed by atoms with Crippen LogP contribution in [0.15, 0.2) is 11.6 Å². The van der Waals surface area contributed by atoms with Gasteiger partial charge in [0.1, 0.15) is 5.41 Å². The van der Waals surface area contributed by atoms with Crippen molar-refractivity contribution in [1.29, 1.82) is 5.26 Å². The Bertz CT molecular complexity index is 769. The molecule has 0 heterocycles. The number of hydrogen-bond donors (Lipinski definition) is 1. The minimum absolute atomic E-state index is 0.0854. The van der Waals surface area contributed by atoms with Gasteiger partial charge in [0.2, 0.25) is 0 Å². The predicted molar refractivity (Wildman–Crippen MR) is 109 cm³/mol. The summed E-state index contributed by atoms with van der Waals surface area (Å²) in [7, 11) is 0. The van der Waals surface area contributed by atoms with E-state index < -0.39 is 22.2 Å². The van der Waals surface area contributed by atoms with Crippen LogP contribution in [0.4, 0.5) is 0 Å². The van der Waals surface area contributed by atoms with Crippen molar-refractivity contribution in [2.45, 2.75) is 66.6 Å². The average molecular weight is 402 g/mol. The molecule has 0 spiro atoms. The van der Waals surface area contributed by atoms with E-state index in [2.05, 4.69) is 32.9 Å². The molecule has 0 amide bonds. The van der Waals surface area contributed by atoms with Crippen molar-refractivity contribution in [2.24, 2.45) is 45.8 Å². The fraction of sp³-hybridized carbons (Fsp3) is 0.833. The van der Waals surface area contributed by atoms with Gasteiger partial charge in [0.15, 0.2) is 6.29 Å². The number of carbonyl (C=O) groups is 1. The first-order valence-corrected chi connectivity index (χ1v) is 11.3. The number of nitrogens with zero attached hydrogens (tertiary/aromatic N) is 1. The number of carboxylic acids is 1. The summed E-state index contributed by atoms with van der Waals surface area (Å²) in [6, 6.07) is 2.67. The fourth-order valence-electron chi connectivity index (χ4n) is 8.09. The summed E-state index contributed by atoms with van der Waals surface area (Å²) < 4.78 is 11.8. The van der Waals surface area contributed by atoms with Gasteiger partial charge in [0.25, 0.3) is 0 Å². The second-order valence-electron chi connectivity index (χ2n) is 10.2. The number of hydrogen-bond acceptors (Lipinski definition) is 4. The van der Waals surface area contributed by atoms with Crippen LogP contribution in [0.1, 0.15) is 60.3 Å². The summed E-state index contributed by atoms with van der Waals surface area (Å²) in [5, 5.41) is 21.5. The van der Waals surface area contributed by atoms with E-state index in [1.807, 2.05) is 13.8 Å². The Morgan fingerprint density at radius 1 is 1.31 bits per heavy atom. The normalized spacial score (nSPS) is 45.8. The highest BCUT2D eigenvalue weighted by molar-refractivity contribution is 5.85. The summed E-state index contributed by atoms with van der Waals surface area (Å²) in [6.45, 7) is 11.1. The van der Waals surface area contributed by atoms with Crippen LogP contribution in [0.3, 0.4) is 0 Å². The lowest BCUT2D eigenvalue weighted by atomic mass is 9.43. The van der Waals surface area contributed by atoms with Gasteiger partial charge in [-0.05, 0) is 62.7 Å². The van der Waals surface area contributed by atoms with Crippen molar-refractivity contribution in [3.05, 3.63) is 11.6 Å². The molecule has 3 fully saturated rings. The number of aliphatic carboxylic acids is 1. The van der Waals surface area contributed by atoms with E-state index >= 15 is 0 Å². The quantitative estimate of drug-likeness (QED) is 0.497. The lowest BCUT2D eigenvalue weighted by Crippen LogP contribution is -2.62. The van der Waals surface area contributed by atoms with Crippen molar-refractivity contribution < 1.29 is 19.4 Å². The zero-order chi connectivity index (χ0) is 21.2. The van der Waals surface area contributed by atoms with E-state index in [0.717, 1.165) is 24.8 Å². The van der Waals surface area contributed by atoms with E-state index in [1.165, 1.54) is 0 Å². The van der Waals surface area contributed by atoms with Crippen molar-refractivity contribution >= 4 is 5.97 Å².